The maximum atomic E-state index is 12.2. The van der Waals surface area contributed by atoms with Gasteiger partial charge in [-0.15, -0.1) is 0 Å². The van der Waals surface area contributed by atoms with Crippen LogP contribution >= 0.6 is 43.5 Å². The van der Waals surface area contributed by atoms with Crippen LogP contribution in [-0.2, 0) is 0 Å². The first kappa shape index (κ1) is 15.5. The summed E-state index contributed by atoms with van der Waals surface area (Å²) in [6.45, 7) is 1.94. The van der Waals surface area contributed by atoms with Gasteiger partial charge < -0.3 is 5.32 Å². The van der Waals surface area contributed by atoms with Crippen LogP contribution in [0.5, 0.6) is 0 Å². The molecule has 0 aliphatic rings. The number of nitrogens with one attached hydrogen (secondary N) is 1. The van der Waals surface area contributed by atoms with Crippen molar-refractivity contribution in [2.45, 2.75) is 13.0 Å². The Morgan fingerprint density at radius 3 is 2.55 bits per heavy atom. The summed E-state index contributed by atoms with van der Waals surface area (Å²) in [5.41, 5.74) is 1.56. The lowest BCUT2D eigenvalue weighted by Gasteiger charge is -2.16. The monoisotopic (exact) mass is 415 g/mol. The normalized spacial score (nSPS) is 12.0. The molecule has 0 radical (unpaired) electrons. The van der Waals surface area contributed by atoms with Crippen molar-refractivity contribution in [3.63, 3.8) is 0 Å². The van der Waals surface area contributed by atoms with E-state index >= 15 is 0 Å². The summed E-state index contributed by atoms with van der Waals surface area (Å²) >= 11 is 12.8. The fraction of sp³-hybridized carbons (Fsp3) is 0.133. The van der Waals surface area contributed by atoms with Gasteiger partial charge in [0, 0.05) is 19.5 Å². The molecular weight excluding hydrogens is 405 g/mol. The van der Waals surface area contributed by atoms with E-state index in [1.165, 1.54) is 0 Å². The summed E-state index contributed by atoms with van der Waals surface area (Å²) in [5.74, 6) is -0.156. The summed E-state index contributed by atoms with van der Waals surface area (Å²) < 4.78 is 1.75. The van der Waals surface area contributed by atoms with Crippen molar-refractivity contribution in [3.05, 3.63) is 67.6 Å². The van der Waals surface area contributed by atoms with Gasteiger partial charge in [-0.25, -0.2) is 0 Å². The average molecular weight is 418 g/mol. The summed E-state index contributed by atoms with van der Waals surface area (Å²) in [6.07, 6.45) is 0. The Kier molecular flexibility index (Phi) is 5.24. The Labute approximate surface area is 139 Å². The minimum absolute atomic E-state index is 0.101. The van der Waals surface area contributed by atoms with Gasteiger partial charge in [-0.2, -0.15) is 0 Å². The fourth-order valence-corrected chi connectivity index (χ4v) is 3.36. The maximum Gasteiger partial charge on any atom is 0.251 e. The lowest BCUT2D eigenvalue weighted by molar-refractivity contribution is 0.0939. The molecule has 1 unspecified atom stereocenters. The second-order valence-electron chi connectivity index (χ2n) is 4.37. The molecule has 20 heavy (non-hydrogen) atoms. The molecule has 2 nitrogen and oxygen atoms in total. The second kappa shape index (κ2) is 6.74. The van der Waals surface area contributed by atoms with Crippen LogP contribution in [-0.4, -0.2) is 5.91 Å². The zero-order valence-electron chi connectivity index (χ0n) is 10.7. The van der Waals surface area contributed by atoms with Crippen LogP contribution in [0.15, 0.2) is 51.4 Å². The van der Waals surface area contributed by atoms with Crippen molar-refractivity contribution < 1.29 is 4.79 Å². The number of halogens is 3. The van der Waals surface area contributed by atoms with Gasteiger partial charge in [0.2, 0.25) is 0 Å². The van der Waals surface area contributed by atoms with Gasteiger partial charge >= 0.3 is 0 Å². The van der Waals surface area contributed by atoms with Crippen molar-refractivity contribution in [3.8, 4) is 0 Å². The molecule has 1 atom stereocenters. The van der Waals surface area contributed by atoms with Crippen molar-refractivity contribution in [2.75, 3.05) is 0 Å². The second-order valence-corrected chi connectivity index (χ2v) is 6.58. The summed E-state index contributed by atoms with van der Waals surface area (Å²) in [4.78, 5) is 12.2. The molecule has 1 N–H and O–H groups in total. The molecule has 0 spiro atoms. The Balaban J connectivity index is 2.17. The molecule has 2 aromatic carbocycles. The van der Waals surface area contributed by atoms with E-state index in [1.807, 2.05) is 31.2 Å². The van der Waals surface area contributed by atoms with Crippen LogP contribution in [0.4, 0.5) is 0 Å². The van der Waals surface area contributed by atoms with Crippen LogP contribution in [0, 0.1) is 0 Å². The zero-order valence-corrected chi connectivity index (χ0v) is 14.6. The molecule has 2 aromatic rings. The van der Waals surface area contributed by atoms with Gasteiger partial charge in [0.25, 0.3) is 5.91 Å². The quantitative estimate of drug-likeness (QED) is 0.716. The molecule has 5 heteroatoms. The van der Waals surface area contributed by atoms with Crippen molar-refractivity contribution in [1.82, 2.24) is 5.32 Å². The van der Waals surface area contributed by atoms with E-state index in [0.717, 1.165) is 14.5 Å². The van der Waals surface area contributed by atoms with Crippen molar-refractivity contribution >= 4 is 49.4 Å². The van der Waals surface area contributed by atoms with Crippen LogP contribution in [0.3, 0.4) is 0 Å². The number of benzene rings is 2. The highest BCUT2D eigenvalue weighted by atomic mass is 79.9. The number of amides is 1. The first-order valence-electron chi connectivity index (χ1n) is 5.99. The molecule has 0 fully saturated rings. The maximum absolute atomic E-state index is 12.2. The first-order chi connectivity index (χ1) is 9.47. The fourth-order valence-electron chi connectivity index (χ4n) is 1.87. The molecule has 104 valence electrons. The molecule has 2 rings (SSSR count). The third kappa shape index (κ3) is 3.84. The highest BCUT2D eigenvalue weighted by Crippen LogP contribution is 2.24. The van der Waals surface area contributed by atoms with E-state index in [4.69, 9.17) is 11.6 Å². The van der Waals surface area contributed by atoms with E-state index in [1.54, 1.807) is 18.2 Å². The summed E-state index contributed by atoms with van der Waals surface area (Å²) in [7, 11) is 0. The molecule has 0 aromatic heterocycles. The van der Waals surface area contributed by atoms with Crippen molar-refractivity contribution in [2.24, 2.45) is 0 Å². The van der Waals surface area contributed by atoms with Gasteiger partial charge in [-0.3, -0.25) is 4.79 Å². The lowest BCUT2D eigenvalue weighted by atomic mass is 10.1. The standard InChI is InChI=1S/C15H12Br2ClNO/c1-9(13-4-2-3-5-14(13)17)19-15(20)10-6-11(16)8-12(18)7-10/h2-9H,1H3,(H,19,20). The third-order valence-electron chi connectivity index (χ3n) is 2.84. The molecule has 0 aliphatic heterocycles. The van der Waals surface area contributed by atoms with Crippen LogP contribution in [0.2, 0.25) is 5.02 Å². The molecule has 1 amide bonds. The number of carbonyl (C=O) groups is 1. The highest BCUT2D eigenvalue weighted by molar-refractivity contribution is 9.10. The molecule has 0 bridgehead atoms. The average Bonchev–Trinajstić information content (AvgIpc) is 2.37. The number of hydrogen-bond donors (Lipinski definition) is 1. The zero-order chi connectivity index (χ0) is 14.7. The van der Waals surface area contributed by atoms with Gasteiger partial charge in [0.05, 0.1) is 6.04 Å². The smallest absolute Gasteiger partial charge is 0.251 e. The van der Waals surface area contributed by atoms with Gasteiger partial charge in [-0.1, -0.05) is 61.7 Å². The SMILES string of the molecule is CC(NC(=O)c1cc(Cl)cc(Br)c1)c1ccccc1Br. The van der Waals surface area contributed by atoms with Gasteiger partial charge in [0.15, 0.2) is 0 Å². The summed E-state index contributed by atoms with van der Waals surface area (Å²) in [5, 5.41) is 3.49. The summed E-state index contributed by atoms with van der Waals surface area (Å²) in [6, 6.07) is 12.8. The molecule has 0 saturated carbocycles. The topological polar surface area (TPSA) is 29.1 Å². The van der Waals surface area contributed by atoms with Gasteiger partial charge in [-0.05, 0) is 36.8 Å². The molecule has 0 saturated heterocycles. The van der Waals surface area contributed by atoms with Crippen LogP contribution < -0.4 is 5.32 Å². The predicted octanol–water partition coefficient (Wildman–Crippen LogP) is 5.36. The van der Waals surface area contributed by atoms with E-state index in [-0.39, 0.29) is 11.9 Å². The van der Waals surface area contributed by atoms with Gasteiger partial charge in [0.1, 0.15) is 0 Å². The minimum Gasteiger partial charge on any atom is -0.345 e. The van der Waals surface area contributed by atoms with Crippen LogP contribution in [0.1, 0.15) is 28.9 Å². The first-order valence-corrected chi connectivity index (χ1v) is 7.95. The Morgan fingerprint density at radius 2 is 1.90 bits per heavy atom. The molecule has 0 heterocycles. The van der Waals surface area contributed by atoms with E-state index in [0.29, 0.717) is 10.6 Å². The third-order valence-corrected chi connectivity index (χ3v) is 4.24. The number of rotatable bonds is 3. The van der Waals surface area contributed by atoms with E-state index < -0.39 is 0 Å². The molecular formula is C15H12Br2ClNO. The Morgan fingerprint density at radius 1 is 1.20 bits per heavy atom. The van der Waals surface area contributed by atoms with Crippen LogP contribution in [0.25, 0.3) is 0 Å². The largest absolute Gasteiger partial charge is 0.345 e. The lowest BCUT2D eigenvalue weighted by Crippen LogP contribution is -2.26. The Bertz CT molecular complexity index is 625. The predicted molar refractivity (Wildman–Crippen MR) is 89.2 cm³/mol. The molecule has 0 aliphatic carbocycles. The number of carbonyl (C=O) groups excluding carboxylic acids is 1. The van der Waals surface area contributed by atoms with E-state index in [2.05, 4.69) is 37.2 Å². The minimum atomic E-state index is -0.156. The van der Waals surface area contributed by atoms with E-state index in [9.17, 15) is 4.79 Å². The van der Waals surface area contributed by atoms with Crippen molar-refractivity contribution in [1.29, 1.82) is 0 Å². The Hall–Kier alpha value is -0.840. The highest BCUT2D eigenvalue weighted by Gasteiger charge is 2.14. The number of hydrogen-bond acceptors (Lipinski definition) is 1.